The van der Waals surface area contributed by atoms with E-state index < -0.39 is 249 Å². The number of aliphatic carboxylic acids is 1. The lowest BCUT2D eigenvalue weighted by Crippen LogP contribution is -2.67. The van der Waals surface area contributed by atoms with Crippen LogP contribution in [0.25, 0.3) is 0 Å². The molecule has 5 heterocycles. The predicted molar refractivity (Wildman–Crippen MR) is 369 cm³/mol. The lowest BCUT2D eigenvalue weighted by atomic mass is 9.96. The summed E-state index contributed by atoms with van der Waals surface area (Å²) in [5.41, 5.74) is 17.6. The van der Waals surface area contributed by atoms with Crippen molar-refractivity contribution in [2.75, 3.05) is 46.0 Å². The Hall–Kier alpha value is -9.22. The first-order chi connectivity index (χ1) is 50.8. The molecule has 44 nitrogen and oxygen atoms in total. The number of carbonyl (C=O) groups is 14. The Labute approximate surface area is 619 Å². The van der Waals surface area contributed by atoms with Crippen LogP contribution in [0.15, 0.2) is 17.5 Å². The van der Waals surface area contributed by atoms with E-state index in [0.717, 1.165) is 32.6 Å². The number of ether oxygens (including phenoxy) is 4. The van der Waals surface area contributed by atoms with E-state index in [4.69, 9.17) is 36.1 Å². The summed E-state index contributed by atoms with van der Waals surface area (Å²) < 4.78 is 23.8. The number of likely N-dealkylation sites (tertiary alicyclic amines) is 2. The number of imidazole rings is 1. The number of aliphatic hydroxyl groups excluding tert-OH is 7. The van der Waals surface area contributed by atoms with Crippen molar-refractivity contribution in [2.45, 2.75) is 241 Å². The van der Waals surface area contributed by atoms with Gasteiger partial charge >= 0.3 is 5.97 Å². The van der Waals surface area contributed by atoms with Crippen molar-refractivity contribution in [2.24, 2.45) is 28.1 Å². The summed E-state index contributed by atoms with van der Waals surface area (Å²) in [4.78, 5) is 203. The van der Waals surface area contributed by atoms with Gasteiger partial charge in [-0.2, -0.15) is 0 Å². The zero-order valence-electron chi connectivity index (χ0n) is 61.0. The van der Waals surface area contributed by atoms with Gasteiger partial charge in [0.2, 0.25) is 70.9 Å². The SMILES string of the molecule is CC(=O)NC1C(O)[C@H](O)C(CO)O[C@H]1OCC1O[C@H](OC(C)[C@H](NC(=O)[C@H](CC(=O)O)NC(=O)[C@@H]2CCCN2C(=O)[C@H](C)NC(=O)[C@H](CO)NC(=O)[C@@H](NC(=O)[C@@H](NC(=O)CNC(=O)[C@@H](N)Cc2cnc[nH]2)C(C)C)C(C)O)C(=O)N[C@@H](CCCN=C(N)N)C(=O)N2CCC[C@H]2C(C)=O)C(NC(C)=O)C(O)[C@H]1O. The number of ketones is 1. The van der Waals surface area contributed by atoms with Crippen molar-refractivity contribution in [3.63, 3.8) is 0 Å². The zero-order valence-corrected chi connectivity index (χ0v) is 61.0. The molecule has 0 bridgehead atoms. The number of hydrogen-bond acceptors (Lipinski definition) is 28. The normalized spacial score (nSPS) is 25.5. The van der Waals surface area contributed by atoms with Crippen LogP contribution in [0.5, 0.6) is 0 Å². The van der Waals surface area contributed by atoms with E-state index in [0.29, 0.717) is 12.1 Å². The number of carboxylic acid groups (broad SMARTS) is 1. The number of rotatable bonds is 39. The molecule has 12 amide bonds. The van der Waals surface area contributed by atoms with Gasteiger partial charge in [0.15, 0.2) is 24.3 Å². The fourth-order valence-corrected chi connectivity index (χ4v) is 12.5. The zero-order chi connectivity index (χ0) is 80.7. The van der Waals surface area contributed by atoms with Crippen molar-refractivity contribution in [3.8, 4) is 0 Å². The topological polar surface area (TPSA) is 684 Å². The van der Waals surface area contributed by atoms with Gasteiger partial charge in [0.25, 0.3) is 0 Å². The number of aromatic nitrogens is 2. The van der Waals surface area contributed by atoms with E-state index >= 15 is 4.79 Å². The Morgan fingerprint density at radius 3 is 1.78 bits per heavy atom. The highest BCUT2D eigenvalue weighted by Gasteiger charge is 2.51. The molecule has 606 valence electrons. The van der Waals surface area contributed by atoms with Gasteiger partial charge in [-0.3, -0.25) is 72.1 Å². The number of Topliss-reactive ketones (excluding diaryl/α,β-unsaturated/α-hetero) is 1. The van der Waals surface area contributed by atoms with Crippen LogP contribution in [0.1, 0.15) is 106 Å². The number of nitrogens with one attached hydrogen (secondary N) is 11. The van der Waals surface area contributed by atoms with Crippen molar-refractivity contribution in [1.29, 1.82) is 0 Å². The number of carboxylic acids is 1. The summed E-state index contributed by atoms with van der Waals surface area (Å²) in [7, 11) is 0. The summed E-state index contributed by atoms with van der Waals surface area (Å²) >= 11 is 0. The first-order valence-electron chi connectivity index (χ1n) is 35.1. The van der Waals surface area contributed by atoms with Crippen LogP contribution in [0.2, 0.25) is 0 Å². The number of aliphatic hydroxyl groups is 7. The third-order valence-corrected chi connectivity index (χ3v) is 18.2. The molecular formula is C64H104N18O26. The number of carbonyl (C=O) groups excluding carboxylic acids is 13. The Bertz CT molecular complexity index is 3330. The van der Waals surface area contributed by atoms with Gasteiger partial charge in [-0.1, -0.05) is 13.8 Å². The minimum atomic E-state index is -2.14. The molecule has 4 aliphatic rings. The molecule has 4 saturated heterocycles. The average Bonchev–Trinajstić information content (AvgIpc) is 1.00. The summed E-state index contributed by atoms with van der Waals surface area (Å²) in [5, 5.41) is 109. The van der Waals surface area contributed by atoms with Crippen molar-refractivity contribution in [3.05, 3.63) is 18.2 Å². The van der Waals surface area contributed by atoms with E-state index in [1.807, 2.05) is 0 Å². The van der Waals surface area contributed by atoms with Crippen LogP contribution in [0.3, 0.4) is 0 Å². The van der Waals surface area contributed by atoms with Gasteiger partial charge in [-0.25, -0.2) is 4.98 Å². The fourth-order valence-electron chi connectivity index (χ4n) is 12.5. The van der Waals surface area contributed by atoms with Gasteiger partial charge < -0.3 is 145 Å². The van der Waals surface area contributed by atoms with E-state index in [1.165, 1.54) is 31.3 Å². The van der Waals surface area contributed by atoms with Gasteiger partial charge in [-0.15, -0.1) is 0 Å². The lowest BCUT2D eigenvalue weighted by Gasteiger charge is -2.45. The van der Waals surface area contributed by atoms with Crippen LogP contribution < -0.4 is 70.4 Å². The molecule has 108 heavy (non-hydrogen) atoms. The molecule has 5 rings (SSSR count). The van der Waals surface area contributed by atoms with Crippen LogP contribution >= 0.6 is 0 Å². The highest BCUT2D eigenvalue weighted by Crippen LogP contribution is 2.29. The van der Waals surface area contributed by atoms with Crippen molar-refractivity contribution >= 4 is 88.6 Å². The number of hydrogen-bond donors (Lipinski definition) is 22. The van der Waals surface area contributed by atoms with Crippen molar-refractivity contribution in [1.82, 2.24) is 72.9 Å². The molecule has 0 aliphatic carbocycles. The van der Waals surface area contributed by atoms with Gasteiger partial charge in [0.05, 0.1) is 63.4 Å². The molecule has 22 atom stereocenters. The maximum atomic E-state index is 15.1. The predicted octanol–water partition coefficient (Wildman–Crippen LogP) is -11.7. The molecule has 25 N–H and O–H groups in total. The number of nitrogens with two attached hydrogens (primary N) is 3. The average molecular weight is 1540 g/mol. The maximum absolute atomic E-state index is 15.1. The smallest absolute Gasteiger partial charge is 0.305 e. The largest absolute Gasteiger partial charge is 0.481 e. The highest BCUT2D eigenvalue weighted by molar-refractivity contribution is 6.00. The van der Waals surface area contributed by atoms with E-state index in [-0.39, 0.29) is 69.9 Å². The van der Waals surface area contributed by atoms with Crippen molar-refractivity contribution < 1.29 is 127 Å². The number of amides is 12. The van der Waals surface area contributed by atoms with Crippen LogP contribution in [0, 0.1) is 5.92 Å². The molecule has 0 radical (unpaired) electrons. The molecule has 1 aromatic heterocycles. The Morgan fingerprint density at radius 2 is 1.22 bits per heavy atom. The molecule has 0 spiro atoms. The van der Waals surface area contributed by atoms with Gasteiger partial charge in [0.1, 0.15) is 97.0 Å². The van der Waals surface area contributed by atoms with E-state index in [9.17, 15) is 103 Å². The monoisotopic (exact) mass is 1540 g/mol. The first-order valence-corrected chi connectivity index (χ1v) is 35.1. The second-order valence-electron chi connectivity index (χ2n) is 27.1. The fraction of sp³-hybridized carbons (Fsp3) is 0.719. The molecule has 4 fully saturated rings. The number of aliphatic imine (C=N–C) groups is 1. The van der Waals surface area contributed by atoms with Gasteiger partial charge in [0, 0.05) is 51.8 Å². The minimum absolute atomic E-state index is 0.0171. The second-order valence-corrected chi connectivity index (χ2v) is 27.1. The number of H-pyrrole nitrogens is 1. The summed E-state index contributed by atoms with van der Waals surface area (Å²) in [6, 6.07) is -19.2. The Morgan fingerprint density at radius 1 is 0.667 bits per heavy atom. The van der Waals surface area contributed by atoms with Gasteiger partial charge in [-0.05, 0) is 72.1 Å². The number of nitrogens with zero attached hydrogens (tertiary/aromatic N) is 4. The highest BCUT2D eigenvalue weighted by atomic mass is 16.7. The van der Waals surface area contributed by atoms with E-state index in [1.54, 1.807) is 13.8 Å². The molecule has 0 aromatic carbocycles. The molecule has 4 aliphatic heterocycles. The van der Waals surface area contributed by atoms with Crippen LogP contribution in [-0.2, 0) is 92.5 Å². The Balaban J connectivity index is 1.36. The molecule has 1 aromatic rings. The second kappa shape index (κ2) is 41.9. The number of aromatic amines is 1. The summed E-state index contributed by atoms with van der Waals surface area (Å²) in [6.45, 7) is 6.27. The first kappa shape index (κ1) is 89.4. The van der Waals surface area contributed by atoms with Crippen LogP contribution in [0.4, 0.5) is 0 Å². The lowest BCUT2D eigenvalue weighted by molar-refractivity contribution is -0.308. The standard InChI is InChI=1S/C64H104N18O26/c1-26(2)44(78-42(89)21-70-53(96)34(65)18-33-20-68-25-71-33)57(100)79-45(29(5)86)58(101)77-37(22-83)55(98)72-27(3)60(103)82-17-11-14-39(82)56(99)76-36(19-43(90)91)54(97)80-46(59(102)75-35(12-9-15-69-64(66)67)61(104)81-16-10-13-38(81)28(4)85)30(6)106-63-48(74-32(8)88)52(95)50(93)41(108-63)24-105-62-47(73-31(7)87)51(94)49(92)40(23-84)107-62/h20,25-27,29-30,34-41,44-52,62-63,83-84,86,92-95H,9-19,21-24,65H2,1-8H3,(H,68,71)(H,70,96)(H,72,98)(H,73,87)(H,74,88)(H,75,102)(H,76,99)(H,77,101)(H,78,89)(H,79,100)(H,80,97)(H,90,91)(H4,66,67,69)/t27-,29?,30?,34-,35-,36-,37-,38-,39-,40?,41?,44-,45-,46-,47?,48?,49+,50-,51?,52?,62+,63-/m0/s1. The molecule has 44 heteroatoms. The number of guanidine groups is 1. The Kier molecular flexibility index (Phi) is 34.7. The molecule has 8 unspecified atom stereocenters. The summed E-state index contributed by atoms with van der Waals surface area (Å²) in [5.74, 6) is -15.1. The third-order valence-electron chi connectivity index (χ3n) is 18.2. The summed E-state index contributed by atoms with van der Waals surface area (Å²) in [6.07, 6.45) is -15.8. The maximum Gasteiger partial charge on any atom is 0.305 e. The van der Waals surface area contributed by atoms with Crippen LogP contribution in [-0.4, -0.2) is 329 Å². The quantitative estimate of drug-likeness (QED) is 0.0165. The molecule has 0 saturated carbocycles. The third kappa shape index (κ3) is 25.4. The minimum Gasteiger partial charge on any atom is -0.481 e. The molecular weight excluding hydrogens is 1440 g/mol. The van der Waals surface area contributed by atoms with E-state index in [2.05, 4.69) is 68.1 Å².